The Morgan fingerprint density at radius 1 is 0.844 bits per heavy atom. The molecule has 2 amide bonds. The van der Waals surface area contributed by atoms with Crippen molar-refractivity contribution in [1.82, 2.24) is 10.6 Å². The van der Waals surface area contributed by atoms with E-state index in [1.54, 1.807) is 26.4 Å². The molecule has 1 unspecified atom stereocenters. The number of nitrogens with one attached hydrogen (secondary N) is 2. The molecule has 0 aliphatic rings. The Hall–Kier alpha value is -3.80. The number of ether oxygens (including phenoxy) is 2. The third kappa shape index (κ3) is 6.35. The van der Waals surface area contributed by atoms with Gasteiger partial charge in [-0.25, -0.2) is 0 Å². The van der Waals surface area contributed by atoms with E-state index in [1.165, 1.54) is 0 Å². The van der Waals surface area contributed by atoms with Crippen molar-refractivity contribution < 1.29 is 19.1 Å². The first-order valence-corrected chi connectivity index (χ1v) is 10.5. The highest BCUT2D eigenvalue weighted by Gasteiger charge is 2.19. The Balaban J connectivity index is 1.59. The predicted molar refractivity (Wildman–Crippen MR) is 124 cm³/mol. The summed E-state index contributed by atoms with van der Waals surface area (Å²) in [5.74, 6) is 0.981. The van der Waals surface area contributed by atoms with E-state index in [1.807, 2.05) is 66.7 Å². The number of rotatable bonds is 10. The fraction of sp³-hybridized carbons (Fsp3) is 0.231. The minimum Gasteiger partial charge on any atom is -0.493 e. The average molecular weight is 433 g/mol. The molecule has 3 aromatic rings. The molecule has 0 spiro atoms. The van der Waals surface area contributed by atoms with Gasteiger partial charge in [-0.15, -0.1) is 0 Å². The summed E-state index contributed by atoms with van der Waals surface area (Å²) in [6.07, 6.45) is 0.799. The van der Waals surface area contributed by atoms with E-state index >= 15 is 0 Å². The molecule has 0 heterocycles. The number of amides is 2. The zero-order valence-corrected chi connectivity index (χ0v) is 18.3. The van der Waals surface area contributed by atoms with Gasteiger partial charge in [0.05, 0.1) is 26.7 Å². The zero-order valence-electron chi connectivity index (χ0n) is 18.3. The van der Waals surface area contributed by atoms with Crippen LogP contribution in [-0.4, -0.2) is 32.6 Å². The van der Waals surface area contributed by atoms with Crippen LogP contribution in [0.4, 0.5) is 0 Å². The maximum Gasteiger partial charge on any atom is 0.251 e. The van der Waals surface area contributed by atoms with Gasteiger partial charge in [-0.05, 0) is 41.8 Å². The molecule has 32 heavy (non-hydrogen) atoms. The molecule has 3 rings (SSSR count). The van der Waals surface area contributed by atoms with Gasteiger partial charge in [-0.2, -0.15) is 0 Å². The molecule has 2 N–H and O–H groups in total. The van der Waals surface area contributed by atoms with Gasteiger partial charge in [0.2, 0.25) is 5.91 Å². The standard InChI is InChI=1S/C26H28N2O4/c1-31-23-14-13-19(17-24(23)32-2)15-16-27-25(29)18-22(20-9-5-3-6-10-20)28-26(30)21-11-7-4-8-12-21/h3-14,17,22H,15-16,18H2,1-2H3,(H,27,29)(H,28,30). The molecule has 0 bridgehead atoms. The van der Waals surface area contributed by atoms with Crippen LogP contribution in [0.15, 0.2) is 78.9 Å². The molecule has 6 heteroatoms. The van der Waals surface area contributed by atoms with E-state index in [-0.39, 0.29) is 18.2 Å². The molecule has 1 atom stereocenters. The molecule has 0 aliphatic carbocycles. The number of hydrogen-bond acceptors (Lipinski definition) is 4. The van der Waals surface area contributed by atoms with Gasteiger partial charge in [0, 0.05) is 12.1 Å². The topological polar surface area (TPSA) is 76.7 Å². The fourth-order valence-corrected chi connectivity index (χ4v) is 3.41. The molecule has 0 saturated heterocycles. The summed E-state index contributed by atoms with van der Waals surface area (Å²) in [7, 11) is 3.19. The van der Waals surface area contributed by atoms with Crippen molar-refractivity contribution in [1.29, 1.82) is 0 Å². The lowest BCUT2D eigenvalue weighted by molar-refractivity contribution is -0.121. The van der Waals surface area contributed by atoms with E-state index in [0.29, 0.717) is 30.0 Å². The minimum absolute atomic E-state index is 0.132. The van der Waals surface area contributed by atoms with Crippen LogP contribution in [0.5, 0.6) is 11.5 Å². The van der Waals surface area contributed by atoms with Crippen molar-refractivity contribution in [3.05, 3.63) is 95.6 Å². The monoisotopic (exact) mass is 432 g/mol. The quantitative estimate of drug-likeness (QED) is 0.509. The summed E-state index contributed by atoms with van der Waals surface area (Å²) in [5, 5.41) is 5.93. The van der Waals surface area contributed by atoms with Gasteiger partial charge in [0.25, 0.3) is 5.91 Å². The van der Waals surface area contributed by atoms with Gasteiger partial charge in [-0.1, -0.05) is 54.6 Å². The second kappa shape index (κ2) is 11.6. The van der Waals surface area contributed by atoms with E-state index in [9.17, 15) is 9.59 Å². The molecule has 3 aromatic carbocycles. The second-order valence-corrected chi connectivity index (χ2v) is 7.30. The van der Waals surface area contributed by atoms with Crippen LogP contribution < -0.4 is 20.1 Å². The smallest absolute Gasteiger partial charge is 0.251 e. The maximum atomic E-state index is 12.7. The molecule has 0 saturated carbocycles. The Labute approximate surface area is 188 Å². The number of hydrogen-bond donors (Lipinski definition) is 2. The molecule has 0 aliphatic heterocycles. The normalized spacial score (nSPS) is 11.3. The summed E-state index contributed by atoms with van der Waals surface area (Å²) in [6, 6.07) is 23.8. The summed E-state index contributed by atoms with van der Waals surface area (Å²) >= 11 is 0. The lowest BCUT2D eigenvalue weighted by atomic mass is 10.0. The highest BCUT2D eigenvalue weighted by Crippen LogP contribution is 2.27. The minimum atomic E-state index is -0.426. The third-order valence-corrected chi connectivity index (χ3v) is 5.12. The second-order valence-electron chi connectivity index (χ2n) is 7.30. The van der Waals surface area contributed by atoms with Gasteiger partial charge in [0.1, 0.15) is 0 Å². The molecular weight excluding hydrogens is 404 g/mol. The summed E-state index contributed by atoms with van der Waals surface area (Å²) in [5.41, 5.74) is 2.47. The van der Waals surface area contributed by atoms with Gasteiger partial charge >= 0.3 is 0 Å². The molecule has 6 nitrogen and oxygen atoms in total. The van der Waals surface area contributed by atoms with Crippen molar-refractivity contribution in [3.8, 4) is 11.5 Å². The first-order valence-electron chi connectivity index (χ1n) is 10.5. The van der Waals surface area contributed by atoms with Gasteiger partial charge < -0.3 is 20.1 Å². The number of benzene rings is 3. The van der Waals surface area contributed by atoms with Crippen molar-refractivity contribution in [2.24, 2.45) is 0 Å². The van der Waals surface area contributed by atoms with Crippen LogP contribution in [0, 0.1) is 0 Å². The zero-order chi connectivity index (χ0) is 22.8. The Morgan fingerprint density at radius 2 is 1.50 bits per heavy atom. The first kappa shape index (κ1) is 22.9. The van der Waals surface area contributed by atoms with Crippen LogP contribution >= 0.6 is 0 Å². The third-order valence-electron chi connectivity index (χ3n) is 5.12. The predicted octanol–water partition coefficient (Wildman–Crippen LogP) is 3.92. The first-order chi connectivity index (χ1) is 15.6. The molecular formula is C26H28N2O4. The van der Waals surface area contributed by atoms with E-state index in [2.05, 4.69) is 10.6 Å². The van der Waals surface area contributed by atoms with Gasteiger partial charge in [0.15, 0.2) is 11.5 Å². The lowest BCUT2D eigenvalue weighted by Crippen LogP contribution is -2.34. The van der Waals surface area contributed by atoms with Crippen molar-refractivity contribution in [2.45, 2.75) is 18.9 Å². The molecule has 0 aromatic heterocycles. The van der Waals surface area contributed by atoms with E-state index in [0.717, 1.165) is 11.1 Å². The van der Waals surface area contributed by atoms with Crippen LogP contribution in [-0.2, 0) is 11.2 Å². The number of methoxy groups -OCH3 is 2. The van der Waals surface area contributed by atoms with E-state index in [4.69, 9.17) is 9.47 Å². The van der Waals surface area contributed by atoms with Gasteiger partial charge in [-0.3, -0.25) is 9.59 Å². The lowest BCUT2D eigenvalue weighted by Gasteiger charge is -2.19. The maximum absolute atomic E-state index is 12.7. The van der Waals surface area contributed by atoms with Crippen LogP contribution in [0.1, 0.15) is 33.9 Å². The molecule has 0 fully saturated rings. The SMILES string of the molecule is COc1ccc(CCNC(=O)CC(NC(=O)c2ccccc2)c2ccccc2)cc1OC. The highest BCUT2D eigenvalue weighted by atomic mass is 16.5. The molecule has 166 valence electrons. The average Bonchev–Trinajstić information content (AvgIpc) is 2.84. The van der Waals surface area contributed by atoms with Crippen LogP contribution in [0.2, 0.25) is 0 Å². The number of carbonyl (C=O) groups excluding carboxylic acids is 2. The Kier molecular flexibility index (Phi) is 8.26. The van der Waals surface area contributed by atoms with Crippen molar-refractivity contribution in [3.63, 3.8) is 0 Å². The van der Waals surface area contributed by atoms with Crippen molar-refractivity contribution >= 4 is 11.8 Å². The van der Waals surface area contributed by atoms with Crippen molar-refractivity contribution in [2.75, 3.05) is 20.8 Å². The van der Waals surface area contributed by atoms with Crippen LogP contribution in [0.3, 0.4) is 0 Å². The highest BCUT2D eigenvalue weighted by molar-refractivity contribution is 5.94. The summed E-state index contributed by atoms with van der Waals surface area (Å²) < 4.78 is 10.6. The van der Waals surface area contributed by atoms with Crippen LogP contribution in [0.25, 0.3) is 0 Å². The largest absolute Gasteiger partial charge is 0.493 e. The summed E-state index contributed by atoms with van der Waals surface area (Å²) in [6.45, 7) is 0.475. The Bertz CT molecular complexity index is 1020. The summed E-state index contributed by atoms with van der Waals surface area (Å²) in [4.78, 5) is 25.3. The number of carbonyl (C=O) groups is 2. The Morgan fingerprint density at radius 3 is 2.16 bits per heavy atom. The molecule has 0 radical (unpaired) electrons. The fourth-order valence-electron chi connectivity index (χ4n) is 3.41. The van der Waals surface area contributed by atoms with E-state index < -0.39 is 6.04 Å².